The van der Waals surface area contributed by atoms with E-state index in [0.717, 1.165) is 12.1 Å². The lowest BCUT2D eigenvalue weighted by Gasteiger charge is -2.15. The first-order chi connectivity index (χ1) is 7.58. The molecular weight excluding hydrogens is 206 g/mol. The molecule has 0 saturated carbocycles. The molecule has 1 aromatic carbocycles. The first-order valence-electron chi connectivity index (χ1n) is 5.28. The van der Waals surface area contributed by atoms with Crippen molar-refractivity contribution in [3.63, 3.8) is 0 Å². The van der Waals surface area contributed by atoms with Crippen molar-refractivity contribution in [2.24, 2.45) is 5.92 Å². The number of hydrogen-bond acceptors (Lipinski definition) is 3. The SMILES string of the molecule is CN1CC(C(=O)O)C(c2cccc(O)c2)C1. The molecule has 1 heterocycles. The molecule has 0 aromatic heterocycles. The van der Waals surface area contributed by atoms with Crippen LogP contribution in [0.4, 0.5) is 0 Å². The van der Waals surface area contributed by atoms with E-state index in [1.54, 1.807) is 18.2 Å². The van der Waals surface area contributed by atoms with Crippen LogP contribution in [-0.4, -0.2) is 41.2 Å². The Morgan fingerprint density at radius 2 is 2.19 bits per heavy atom. The van der Waals surface area contributed by atoms with Crippen LogP contribution in [0, 0.1) is 5.92 Å². The number of phenolic OH excluding ortho intramolecular Hbond substituents is 1. The van der Waals surface area contributed by atoms with Gasteiger partial charge in [-0.25, -0.2) is 0 Å². The van der Waals surface area contributed by atoms with Gasteiger partial charge < -0.3 is 15.1 Å². The van der Waals surface area contributed by atoms with Crippen LogP contribution in [0.2, 0.25) is 0 Å². The standard InChI is InChI=1S/C12H15NO3/c1-13-6-10(11(7-13)12(15)16)8-3-2-4-9(14)5-8/h2-5,10-11,14H,6-7H2,1H3,(H,15,16). The first-order valence-corrected chi connectivity index (χ1v) is 5.28. The number of nitrogens with zero attached hydrogens (tertiary/aromatic N) is 1. The molecule has 0 radical (unpaired) electrons. The summed E-state index contributed by atoms with van der Waals surface area (Å²) >= 11 is 0. The Balaban J connectivity index is 2.28. The molecule has 1 fully saturated rings. The molecule has 0 aliphatic carbocycles. The summed E-state index contributed by atoms with van der Waals surface area (Å²) in [7, 11) is 1.92. The van der Waals surface area contributed by atoms with Gasteiger partial charge in [-0.2, -0.15) is 0 Å². The van der Waals surface area contributed by atoms with Crippen molar-refractivity contribution in [2.75, 3.05) is 20.1 Å². The lowest BCUT2D eigenvalue weighted by molar-refractivity contribution is -0.141. The Hall–Kier alpha value is -1.55. The fraction of sp³-hybridized carbons (Fsp3) is 0.417. The maximum atomic E-state index is 11.1. The van der Waals surface area contributed by atoms with Gasteiger partial charge in [-0.1, -0.05) is 12.1 Å². The topological polar surface area (TPSA) is 60.8 Å². The maximum absolute atomic E-state index is 11.1. The molecular formula is C12H15NO3. The van der Waals surface area contributed by atoms with E-state index < -0.39 is 5.97 Å². The van der Waals surface area contributed by atoms with Crippen LogP contribution >= 0.6 is 0 Å². The van der Waals surface area contributed by atoms with E-state index >= 15 is 0 Å². The average molecular weight is 221 g/mol. The molecule has 4 heteroatoms. The average Bonchev–Trinajstić information content (AvgIpc) is 2.60. The van der Waals surface area contributed by atoms with Gasteiger partial charge >= 0.3 is 5.97 Å². The summed E-state index contributed by atoms with van der Waals surface area (Å²) in [5, 5.41) is 18.5. The molecule has 1 aromatic rings. The first kappa shape index (κ1) is 11.0. The zero-order valence-electron chi connectivity index (χ0n) is 9.13. The van der Waals surface area contributed by atoms with Crippen LogP contribution in [0.1, 0.15) is 11.5 Å². The van der Waals surface area contributed by atoms with E-state index in [0.29, 0.717) is 6.54 Å². The molecule has 2 rings (SSSR count). The Morgan fingerprint density at radius 3 is 2.81 bits per heavy atom. The predicted molar refractivity (Wildman–Crippen MR) is 59.5 cm³/mol. The number of aliphatic carboxylic acids is 1. The van der Waals surface area contributed by atoms with Crippen LogP contribution in [0.3, 0.4) is 0 Å². The summed E-state index contributed by atoms with van der Waals surface area (Å²) < 4.78 is 0. The molecule has 16 heavy (non-hydrogen) atoms. The van der Waals surface area contributed by atoms with Gasteiger partial charge in [-0.05, 0) is 24.7 Å². The van der Waals surface area contributed by atoms with Gasteiger partial charge in [0.25, 0.3) is 0 Å². The van der Waals surface area contributed by atoms with E-state index in [9.17, 15) is 9.90 Å². The number of likely N-dealkylation sites (N-methyl/N-ethyl adjacent to an activating group) is 1. The number of phenols is 1. The molecule has 1 saturated heterocycles. The minimum Gasteiger partial charge on any atom is -0.508 e. The van der Waals surface area contributed by atoms with Crippen molar-refractivity contribution >= 4 is 5.97 Å². The summed E-state index contributed by atoms with van der Waals surface area (Å²) in [4.78, 5) is 13.1. The normalized spacial score (nSPS) is 25.8. The largest absolute Gasteiger partial charge is 0.508 e. The zero-order chi connectivity index (χ0) is 11.7. The molecule has 4 nitrogen and oxygen atoms in total. The molecule has 2 N–H and O–H groups in total. The number of carbonyl (C=O) groups is 1. The molecule has 0 spiro atoms. The fourth-order valence-corrected chi connectivity index (χ4v) is 2.34. The summed E-state index contributed by atoms with van der Waals surface area (Å²) in [5.41, 5.74) is 0.900. The van der Waals surface area contributed by atoms with Crippen LogP contribution in [0.5, 0.6) is 5.75 Å². The molecule has 0 amide bonds. The molecule has 2 unspecified atom stereocenters. The third kappa shape index (κ3) is 2.02. The molecule has 2 atom stereocenters. The van der Waals surface area contributed by atoms with Crippen molar-refractivity contribution in [1.82, 2.24) is 4.90 Å². The number of rotatable bonds is 2. The number of likely N-dealkylation sites (tertiary alicyclic amines) is 1. The van der Waals surface area contributed by atoms with Crippen LogP contribution in [0.25, 0.3) is 0 Å². The number of benzene rings is 1. The zero-order valence-corrected chi connectivity index (χ0v) is 9.13. The molecule has 0 bridgehead atoms. The highest BCUT2D eigenvalue weighted by molar-refractivity contribution is 5.72. The smallest absolute Gasteiger partial charge is 0.308 e. The molecule has 1 aliphatic heterocycles. The highest BCUT2D eigenvalue weighted by Crippen LogP contribution is 2.33. The fourth-order valence-electron chi connectivity index (χ4n) is 2.34. The van der Waals surface area contributed by atoms with Crippen LogP contribution in [-0.2, 0) is 4.79 Å². The Morgan fingerprint density at radius 1 is 1.44 bits per heavy atom. The van der Waals surface area contributed by atoms with Gasteiger partial charge in [-0.15, -0.1) is 0 Å². The number of carboxylic acid groups (broad SMARTS) is 1. The third-order valence-electron chi connectivity index (χ3n) is 3.12. The summed E-state index contributed by atoms with van der Waals surface area (Å²) in [6.07, 6.45) is 0. The summed E-state index contributed by atoms with van der Waals surface area (Å²) in [6.45, 7) is 1.29. The van der Waals surface area contributed by atoms with Gasteiger partial charge in [0.2, 0.25) is 0 Å². The van der Waals surface area contributed by atoms with Crippen molar-refractivity contribution in [3.8, 4) is 5.75 Å². The summed E-state index contributed by atoms with van der Waals surface area (Å²) in [5.74, 6) is -0.990. The van der Waals surface area contributed by atoms with Gasteiger partial charge in [0.05, 0.1) is 5.92 Å². The quantitative estimate of drug-likeness (QED) is 0.785. The van der Waals surface area contributed by atoms with Crippen molar-refractivity contribution in [2.45, 2.75) is 5.92 Å². The Kier molecular flexibility index (Phi) is 2.83. The van der Waals surface area contributed by atoms with E-state index in [2.05, 4.69) is 0 Å². The Labute approximate surface area is 94.1 Å². The van der Waals surface area contributed by atoms with Crippen LogP contribution < -0.4 is 0 Å². The molecule has 1 aliphatic rings. The minimum atomic E-state index is -0.766. The Bertz CT molecular complexity index is 405. The van der Waals surface area contributed by atoms with Crippen LogP contribution in [0.15, 0.2) is 24.3 Å². The second-order valence-corrected chi connectivity index (χ2v) is 4.37. The number of aromatic hydroxyl groups is 1. The van der Waals surface area contributed by atoms with Gasteiger partial charge in [0.15, 0.2) is 0 Å². The van der Waals surface area contributed by atoms with E-state index in [-0.39, 0.29) is 17.6 Å². The highest BCUT2D eigenvalue weighted by Gasteiger charge is 2.36. The maximum Gasteiger partial charge on any atom is 0.308 e. The highest BCUT2D eigenvalue weighted by atomic mass is 16.4. The second kappa shape index (κ2) is 4.14. The van der Waals surface area contributed by atoms with E-state index in [4.69, 9.17) is 5.11 Å². The predicted octanol–water partition coefficient (Wildman–Crippen LogP) is 1.12. The molecule has 86 valence electrons. The third-order valence-corrected chi connectivity index (χ3v) is 3.12. The lowest BCUT2D eigenvalue weighted by atomic mass is 9.89. The lowest BCUT2D eigenvalue weighted by Crippen LogP contribution is -2.21. The monoisotopic (exact) mass is 221 g/mol. The number of hydrogen-bond donors (Lipinski definition) is 2. The number of carboxylic acids is 1. The summed E-state index contributed by atoms with van der Waals surface area (Å²) in [6, 6.07) is 6.87. The van der Waals surface area contributed by atoms with Crippen molar-refractivity contribution in [3.05, 3.63) is 29.8 Å². The van der Waals surface area contributed by atoms with Crippen molar-refractivity contribution in [1.29, 1.82) is 0 Å². The minimum absolute atomic E-state index is 0.0328. The van der Waals surface area contributed by atoms with Gasteiger partial charge in [0.1, 0.15) is 5.75 Å². The van der Waals surface area contributed by atoms with Crippen molar-refractivity contribution < 1.29 is 15.0 Å². The van der Waals surface area contributed by atoms with Gasteiger partial charge in [-0.3, -0.25) is 4.79 Å². The second-order valence-electron chi connectivity index (χ2n) is 4.37. The van der Waals surface area contributed by atoms with Gasteiger partial charge in [0, 0.05) is 19.0 Å². The van der Waals surface area contributed by atoms with E-state index in [1.165, 1.54) is 0 Å². The van der Waals surface area contributed by atoms with E-state index in [1.807, 2.05) is 18.0 Å².